The van der Waals surface area contributed by atoms with Gasteiger partial charge >= 0.3 is 6.03 Å². The number of anilines is 3. The van der Waals surface area contributed by atoms with Gasteiger partial charge in [0.1, 0.15) is 11.8 Å². The van der Waals surface area contributed by atoms with Crippen molar-refractivity contribution in [2.75, 3.05) is 55.1 Å². The number of hydrazine groups is 1. The Hall–Kier alpha value is -4.08. The fraction of sp³-hybridized carbons (Fsp3) is 0.333. The van der Waals surface area contributed by atoms with Gasteiger partial charge in [-0.15, -0.1) is 0 Å². The topological polar surface area (TPSA) is 80.4 Å². The molecule has 2 fully saturated rings. The lowest BCUT2D eigenvalue weighted by molar-refractivity contribution is -0.121. The number of nitrogens with one attached hydrogen (secondary N) is 2. The second-order valence-corrected chi connectivity index (χ2v) is 10.0. The average Bonchev–Trinajstić information content (AvgIpc) is 3.36. The highest BCUT2D eigenvalue weighted by Crippen LogP contribution is 2.30. The molecule has 1 atom stereocenters. The van der Waals surface area contributed by atoms with E-state index >= 15 is 0 Å². The number of amides is 3. The van der Waals surface area contributed by atoms with Crippen molar-refractivity contribution in [3.8, 4) is 5.75 Å². The number of benzene rings is 3. The fourth-order valence-electron chi connectivity index (χ4n) is 5.21. The highest BCUT2D eigenvalue weighted by Gasteiger charge is 2.32. The maximum atomic E-state index is 13.6. The molecule has 5 rings (SSSR count). The van der Waals surface area contributed by atoms with E-state index in [0.29, 0.717) is 18.1 Å². The zero-order valence-corrected chi connectivity index (χ0v) is 22.7. The van der Waals surface area contributed by atoms with E-state index in [9.17, 15) is 9.59 Å². The van der Waals surface area contributed by atoms with Crippen molar-refractivity contribution in [2.45, 2.75) is 25.9 Å². The van der Waals surface area contributed by atoms with E-state index in [4.69, 9.17) is 4.74 Å². The summed E-state index contributed by atoms with van der Waals surface area (Å²) in [5.74, 6) is 0.553. The highest BCUT2D eigenvalue weighted by molar-refractivity contribution is 5.97. The summed E-state index contributed by atoms with van der Waals surface area (Å²) in [4.78, 5) is 32.6. The number of urea groups is 1. The lowest BCUT2D eigenvalue weighted by Crippen LogP contribution is -2.50. The summed E-state index contributed by atoms with van der Waals surface area (Å²) in [6, 6.07) is 25.2. The van der Waals surface area contributed by atoms with Crippen LogP contribution in [0.2, 0.25) is 0 Å². The SMILES string of the molecule is COc1ccccc1NC(=O)C(c1ccccc1)N1CCN(c2ccc(N3CNN(C(C)C)C3=O)cc2)CC1. The van der Waals surface area contributed by atoms with Crippen molar-refractivity contribution < 1.29 is 14.3 Å². The Bertz CT molecular complexity index is 1280. The van der Waals surface area contributed by atoms with Gasteiger partial charge in [-0.05, 0) is 55.8 Å². The summed E-state index contributed by atoms with van der Waals surface area (Å²) in [6.07, 6.45) is 0. The molecule has 2 aliphatic heterocycles. The van der Waals surface area contributed by atoms with Crippen LogP contribution in [0.1, 0.15) is 25.5 Å². The minimum atomic E-state index is -0.418. The van der Waals surface area contributed by atoms with Gasteiger partial charge in [-0.2, -0.15) is 0 Å². The lowest BCUT2D eigenvalue weighted by Gasteiger charge is -2.40. The van der Waals surface area contributed by atoms with Gasteiger partial charge in [-0.1, -0.05) is 42.5 Å². The molecule has 2 saturated heterocycles. The standard InChI is InChI=1S/C30H36N6O3/c1-22(2)36-30(38)35(21-31-36)25-15-13-24(14-16-25)33-17-19-34(20-18-33)28(23-9-5-4-6-10-23)29(37)32-26-11-7-8-12-27(26)39-3/h4-16,22,28,31H,17-21H2,1-3H3,(H,32,37). The quantitative estimate of drug-likeness (QED) is 0.454. The molecule has 3 aromatic carbocycles. The summed E-state index contributed by atoms with van der Waals surface area (Å²) < 4.78 is 5.44. The number of piperazine rings is 1. The van der Waals surface area contributed by atoms with Crippen LogP contribution < -0.4 is 25.3 Å². The number of ether oxygens (including phenoxy) is 1. The number of methoxy groups -OCH3 is 1. The average molecular weight is 529 g/mol. The summed E-state index contributed by atoms with van der Waals surface area (Å²) in [5.41, 5.74) is 6.74. The molecule has 2 aliphatic rings. The van der Waals surface area contributed by atoms with E-state index in [1.165, 1.54) is 0 Å². The first-order valence-corrected chi connectivity index (χ1v) is 13.4. The number of hydrogen-bond acceptors (Lipinski definition) is 6. The van der Waals surface area contributed by atoms with Crippen LogP contribution in [0.3, 0.4) is 0 Å². The van der Waals surface area contributed by atoms with E-state index in [2.05, 4.69) is 32.7 Å². The molecule has 0 radical (unpaired) electrons. The molecule has 0 aliphatic carbocycles. The molecular weight excluding hydrogens is 492 g/mol. The first-order chi connectivity index (χ1) is 19.0. The number of carbonyl (C=O) groups is 2. The Morgan fingerprint density at radius 1 is 0.872 bits per heavy atom. The number of nitrogens with zero attached hydrogens (tertiary/aromatic N) is 4. The molecule has 39 heavy (non-hydrogen) atoms. The number of para-hydroxylation sites is 2. The van der Waals surface area contributed by atoms with Gasteiger partial charge in [0.2, 0.25) is 5.91 Å². The highest BCUT2D eigenvalue weighted by atomic mass is 16.5. The van der Waals surface area contributed by atoms with Crippen molar-refractivity contribution in [1.29, 1.82) is 0 Å². The van der Waals surface area contributed by atoms with Crippen LogP contribution in [0.15, 0.2) is 78.9 Å². The Kier molecular flexibility index (Phi) is 7.99. The third kappa shape index (κ3) is 5.69. The summed E-state index contributed by atoms with van der Waals surface area (Å²) in [7, 11) is 1.60. The van der Waals surface area contributed by atoms with E-state index < -0.39 is 6.04 Å². The molecule has 204 valence electrons. The normalized spacial score (nSPS) is 17.0. The maximum absolute atomic E-state index is 13.6. The van der Waals surface area contributed by atoms with Gasteiger partial charge in [-0.25, -0.2) is 10.2 Å². The second-order valence-electron chi connectivity index (χ2n) is 10.0. The monoisotopic (exact) mass is 528 g/mol. The molecule has 2 N–H and O–H groups in total. The first kappa shape index (κ1) is 26.5. The third-order valence-corrected chi connectivity index (χ3v) is 7.29. The predicted molar refractivity (Wildman–Crippen MR) is 154 cm³/mol. The van der Waals surface area contributed by atoms with Crippen molar-refractivity contribution in [3.63, 3.8) is 0 Å². The fourth-order valence-corrected chi connectivity index (χ4v) is 5.21. The van der Waals surface area contributed by atoms with E-state index in [0.717, 1.165) is 43.1 Å². The van der Waals surface area contributed by atoms with Crippen LogP contribution in [0.25, 0.3) is 0 Å². The van der Waals surface area contributed by atoms with E-state index in [-0.39, 0.29) is 18.0 Å². The van der Waals surface area contributed by atoms with Crippen LogP contribution in [-0.4, -0.2) is 67.8 Å². The number of rotatable bonds is 8. The molecule has 2 heterocycles. The molecule has 1 unspecified atom stereocenters. The third-order valence-electron chi connectivity index (χ3n) is 7.29. The van der Waals surface area contributed by atoms with Gasteiger partial charge in [0.05, 0.1) is 19.5 Å². The largest absolute Gasteiger partial charge is 0.495 e. The molecule has 3 aromatic rings. The van der Waals surface area contributed by atoms with Crippen LogP contribution in [0.4, 0.5) is 21.9 Å². The molecule has 0 saturated carbocycles. The predicted octanol–water partition coefficient (Wildman–Crippen LogP) is 4.31. The molecule has 9 heteroatoms. The number of carbonyl (C=O) groups excluding carboxylic acids is 2. The van der Waals surface area contributed by atoms with Gasteiger partial charge in [0.25, 0.3) is 0 Å². The Morgan fingerprint density at radius 2 is 1.51 bits per heavy atom. The molecular formula is C30H36N6O3. The molecule has 3 amide bonds. The van der Waals surface area contributed by atoms with Crippen molar-refractivity contribution in [3.05, 3.63) is 84.4 Å². The van der Waals surface area contributed by atoms with Gasteiger partial charge in [0, 0.05) is 43.6 Å². The first-order valence-electron chi connectivity index (χ1n) is 13.4. The molecule has 9 nitrogen and oxygen atoms in total. The zero-order chi connectivity index (χ0) is 27.4. The van der Waals surface area contributed by atoms with Gasteiger partial charge in [0.15, 0.2) is 0 Å². The smallest absolute Gasteiger partial charge is 0.340 e. The summed E-state index contributed by atoms with van der Waals surface area (Å²) >= 11 is 0. The molecule has 0 spiro atoms. The summed E-state index contributed by atoms with van der Waals surface area (Å²) in [5, 5.41) is 4.74. The van der Waals surface area contributed by atoms with E-state index in [1.807, 2.05) is 80.6 Å². The van der Waals surface area contributed by atoms with Crippen LogP contribution in [0, 0.1) is 0 Å². The summed E-state index contributed by atoms with van der Waals surface area (Å²) in [6.45, 7) is 7.49. The minimum absolute atomic E-state index is 0.0373. The van der Waals surface area contributed by atoms with Crippen molar-refractivity contribution >= 4 is 29.0 Å². The minimum Gasteiger partial charge on any atom is -0.495 e. The number of hydrogen-bond donors (Lipinski definition) is 2. The second kappa shape index (κ2) is 11.8. The van der Waals surface area contributed by atoms with Crippen LogP contribution in [-0.2, 0) is 4.79 Å². The maximum Gasteiger partial charge on any atom is 0.340 e. The molecule has 0 bridgehead atoms. The Labute approximate surface area is 229 Å². The van der Waals surface area contributed by atoms with E-state index in [1.54, 1.807) is 17.0 Å². The van der Waals surface area contributed by atoms with Gasteiger partial charge < -0.3 is 15.0 Å². The zero-order valence-electron chi connectivity index (χ0n) is 22.7. The van der Waals surface area contributed by atoms with Crippen molar-refractivity contribution in [1.82, 2.24) is 15.3 Å². The molecule has 0 aromatic heterocycles. The lowest BCUT2D eigenvalue weighted by atomic mass is 10.0. The van der Waals surface area contributed by atoms with Crippen molar-refractivity contribution in [2.24, 2.45) is 0 Å². The Balaban J connectivity index is 1.26. The van der Waals surface area contributed by atoms with Crippen LogP contribution >= 0.6 is 0 Å². The Morgan fingerprint density at radius 3 is 2.15 bits per heavy atom. The van der Waals surface area contributed by atoms with Crippen LogP contribution in [0.5, 0.6) is 5.75 Å². The van der Waals surface area contributed by atoms with Gasteiger partial charge in [-0.3, -0.25) is 19.6 Å².